The molecule has 0 aromatic carbocycles. The molecule has 1 atom stereocenters. The summed E-state index contributed by atoms with van der Waals surface area (Å²) in [5.41, 5.74) is 0.992. The Kier molecular flexibility index (Phi) is 2.48. The molecule has 1 aromatic heterocycles. The summed E-state index contributed by atoms with van der Waals surface area (Å²) >= 11 is 5.66. The van der Waals surface area contributed by atoms with E-state index in [1.807, 2.05) is 5.38 Å². The van der Waals surface area contributed by atoms with Gasteiger partial charge >= 0.3 is 0 Å². The summed E-state index contributed by atoms with van der Waals surface area (Å²) < 4.78 is 3.73. The van der Waals surface area contributed by atoms with Crippen molar-refractivity contribution < 1.29 is 0 Å². The van der Waals surface area contributed by atoms with Gasteiger partial charge < -0.3 is 0 Å². The van der Waals surface area contributed by atoms with Crippen molar-refractivity contribution in [3.63, 3.8) is 0 Å². The van der Waals surface area contributed by atoms with Crippen molar-refractivity contribution in [1.82, 2.24) is 9.59 Å². The van der Waals surface area contributed by atoms with Crippen molar-refractivity contribution in [2.75, 3.05) is 0 Å². The van der Waals surface area contributed by atoms with Crippen LogP contribution in [0.25, 0.3) is 0 Å². The molecule has 0 bridgehead atoms. The van der Waals surface area contributed by atoms with E-state index in [0.29, 0.717) is 0 Å². The lowest BCUT2D eigenvalue weighted by molar-refractivity contribution is 0.853. The van der Waals surface area contributed by atoms with Gasteiger partial charge in [0.1, 0.15) is 0 Å². The Balaban J connectivity index is 2.65. The van der Waals surface area contributed by atoms with Gasteiger partial charge in [-0.15, -0.1) is 5.10 Å². The third-order valence-electron chi connectivity index (χ3n) is 1.10. The standard InChI is InChI=1S/C5H8N2S2/c1-2-5(8)4-3-9-7-6-4/h3,5,8H,2H2,1H3. The van der Waals surface area contributed by atoms with Gasteiger partial charge in [-0.25, -0.2) is 0 Å². The molecule has 0 aliphatic rings. The van der Waals surface area contributed by atoms with Crippen LogP contribution < -0.4 is 0 Å². The van der Waals surface area contributed by atoms with Crippen LogP contribution in [0.3, 0.4) is 0 Å². The zero-order chi connectivity index (χ0) is 6.69. The van der Waals surface area contributed by atoms with Gasteiger partial charge in [0.05, 0.1) is 5.69 Å². The van der Waals surface area contributed by atoms with Gasteiger partial charge in [-0.3, -0.25) is 0 Å². The lowest BCUT2D eigenvalue weighted by Crippen LogP contribution is -1.87. The molecular weight excluding hydrogens is 152 g/mol. The molecular formula is C5H8N2S2. The van der Waals surface area contributed by atoms with Gasteiger partial charge in [0.15, 0.2) is 0 Å². The second kappa shape index (κ2) is 3.17. The molecule has 0 amide bonds. The summed E-state index contributed by atoms with van der Waals surface area (Å²) in [6.45, 7) is 2.08. The number of hydrogen-bond donors (Lipinski definition) is 1. The highest BCUT2D eigenvalue weighted by Gasteiger charge is 2.04. The highest BCUT2D eigenvalue weighted by Crippen LogP contribution is 2.20. The quantitative estimate of drug-likeness (QED) is 0.669. The van der Waals surface area contributed by atoms with Crippen LogP contribution in [0, 0.1) is 0 Å². The van der Waals surface area contributed by atoms with Crippen molar-refractivity contribution in [3.05, 3.63) is 11.1 Å². The van der Waals surface area contributed by atoms with Crippen molar-refractivity contribution in [2.24, 2.45) is 0 Å². The molecule has 1 unspecified atom stereocenters. The van der Waals surface area contributed by atoms with Crippen LogP contribution in [0.4, 0.5) is 0 Å². The van der Waals surface area contributed by atoms with E-state index < -0.39 is 0 Å². The van der Waals surface area contributed by atoms with Crippen LogP contribution >= 0.6 is 24.2 Å². The van der Waals surface area contributed by atoms with Gasteiger partial charge in [-0.2, -0.15) is 12.6 Å². The van der Waals surface area contributed by atoms with Crippen molar-refractivity contribution in [2.45, 2.75) is 18.6 Å². The van der Waals surface area contributed by atoms with E-state index in [1.54, 1.807) is 0 Å². The summed E-state index contributed by atoms with van der Waals surface area (Å²) in [5, 5.41) is 6.08. The summed E-state index contributed by atoms with van der Waals surface area (Å²) in [7, 11) is 0. The summed E-state index contributed by atoms with van der Waals surface area (Å²) in [6, 6.07) is 0. The fourth-order valence-electron chi connectivity index (χ4n) is 0.526. The third kappa shape index (κ3) is 1.66. The van der Waals surface area contributed by atoms with Crippen LogP contribution in [0.2, 0.25) is 0 Å². The van der Waals surface area contributed by atoms with Crippen molar-refractivity contribution >= 4 is 24.2 Å². The van der Waals surface area contributed by atoms with Crippen LogP contribution in [-0.4, -0.2) is 9.59 Å². The highest BCUT2D eigenvalue weighted by atomic mass is 32.1. The maximum Gasteiger partial charge on any atom is 0.0882 e. The van der Waals surface area contributed by atoms with Gasteiger partial charge in [0.2, 0.25) is 0 Å². The molecule has 0 aliphatic heterocycles. The molecule has 4 heteroatoms. The molecule has 0 spiro atoms. The molecule has 1 heterocycles. The number of aromatic nitrogens is 2. The molecule has 0 fully saturated rings. The maximum atomic E-state index is 4.29. The van der Waals surface area contributed by atoms with Crippen LogP contribution in [-0.2, 0) is 0 Å². The van der Waals surface area contributed by atoms with Gasteiger partial charge in [0, 0.05) is 10.6 Å². The average Bonchev–Trinajstić information content (AvgIpc) is 2.37. The summed E-state index contributed by atoms with van der Waals surface area (Å²) in [4.78, 5) is 0. The minimum atomic E-state index is 0.267. The van der Waals surface area contributed by atoms with E-state index >= 15 is 0 Å². The largest absolute Gasteiger partial charge is 0.169 e. The second-order valence-corrected chi connectivity index (χ2v) is 2.99. The molecule has 0 saturated carbocycles. The van der Waals surface area contributed by atoms with Crippen LogP contribution in [0.15, 0.2) is 5.38 Å². The maximum absolute atomic E-state index is 4.29. The number of thiol groups is 1. The van der Waals surface area contributed by atoms with E-state index in [-0.39, 0.29) is 5.25 Å². The normalized spacial score (nSPS) is 13.6. The lowest BCUT2D eigenvalue weighted by atomic mass is 10.3. The Morgan fingerprint density at radius 3 is 3.11 bits per heavy atom. The average molecular weight is 160 g/mol. The zero-order valence-electron chi connectivity index (χ0n) is 5.11. The minimum absolute atomic E-state index is 0.267. The van der Waals surface area contributed by atoms with Crippen molar-refractivity contribution in [1.29, 1.82) is 0 Å². The first kappa shape index (κ1) is 7.02. The Hall–Kier alpha value is -0.0900. The first-order valence-corrected chi connectivity index (χ1v) is 4.15. The van der Waals surface area contributed by atoms with Crippen LogP contribution in [0.5, 0.6) is 0 Å². The lowest BCUT2D eigenvalue weighted by Gasteiger charge is -1.98. The Morgan fingerprint density at radius 2 is 2.67 bits per heavy atom. The molecule has 1 aromatic rings. The molecule has 0 aliphatic carbocycles. The number of hydrogen-bond acceptors (Lipinski definition) is 4. The molecule has 9 heavy (non-hydrogen) atoms. The Labute approximate surface area is 63.9 Å². The predicted octanol–water partition coefficient (Wildman–Crippen LogP) is 1.92. The van der Waals surface area contributed by atoms with E-state index in [1.165, 1.54) is 11.5 Å². The topological polar surface area (TPSA) is 25.8 Å². The molecule has 0 saturated heterocycles. The molecule has 0 radical (unpaired) electrons. The van der Waals surface area contributed by atoms with Crippen LogP contribution in [0.1, 0.15) is 24.3 Å². The Bertz CT molecular complexity index is 161. The summed E-state index contributed by atoms with van der Waals surface area (Å²) in [5.74, 6) is 0. The molecule has 50 valence electrons. The number of rotatable bonds is 2. The SMILES string of the molecule is CCC(S)c1csnn1. The second-order valence-electron chi connectivity index (χ2n) is 1.75. The van der Waals surface area contributed by atoms with E-state index in [2.05, 4.69) is 29.1 Å². The highest BCUT2D eigenvalue weighted by molar-refractivity contribution is 7.80. The smallest absolute Gasteiger partial charge is 0.0882 e. The van der Waals surface area contributed by atoms with E-state index in [9.17, 15) is 0 Å². The zero-order valence-corrected chi connectivity index (χ0v) is 6.82. The predicted molar refractivity (Wildman–Crippen MR) is 41.9 cm³/mol. The van der Waals surface area contributed by atoms with E-state index in [0.717, 1.165) is 12.1 Å². The van der Waals surface area contributed by atoms with Gasteiger partial charge in [-0.05, 0) is 18.0 Å². The van der Waals surface area contributed by atoms with Gasteiger partial charge in [-0.1, -0.05) is 11.4 Å². The Morgan fingerprint density at radius 1 is 1.89 bits per heavy atom. The fraction of sp³-hybridized carbons (Fsp3) is 0.600. The first-order chi connectivity index (χ1) is 4.34. The third-order valence-corrected chi connectivity index (χ3v) is 2.26. The fourth-order valence-corrected chi connectivity index (χ4v) is 1.26. The van der Waals surface area contributed by atoms with Gasteiger partial charge in [0.25, 0.3) is 0 Å². The monoisotopic (exact) mass is 160 g/mol. The van der Waals surface area contributed by atoms with E-state index in [4.69, 9.17) is 0 Å². The molecule has 1 rings (SSSR count). The summed E-state index contributed by atoms with van der Waals surface area (Å²) in [6.07, 6.45) is 1.01. The molecule has 2 nitrogen and oxygen atoms in total. The minimum Gasteiger partial charge on any atom is -0.169 e. The number of nitrogens with zero attached hydrogens (tertiary/aromatic N) is 2. The first-order valence-electron chi connectivity index (χ1n) is 2.79. The van der Waals surface area contributed by atoms with Crippen molar-refractivity contribution in [3.8, 4) is 0 Å². The molecule has 0 N–H and O–H groups in total.